The maximum Gasteiger partial charge on any atom is 0.0694 e. The fourth-order valence-corrected chi connectivity index (χ4v) is 1.85. The van der Waals surface area contributed by atoms with E-state index < -0.39 is 0 Å². The second-order valence-electron chi connectivity index (χ2n) is 3.54. The molecule has 0 aliphatic carbocycles. The van der Waals surface area contributed by atoms with Gasteiger partial charge in [-0.1, -0.05) is 36.4 Å². The largest absolute Gasteiger partial charge is 0.396 e. The number of nitrogens with one attached hydrogen (secondary N) is 1. The van der Waals surface area contributed by atoms with Gasteiger partial charge in [-0.05, 0) is 33.6 Å². The van der Waals surface area contributed by atoms with Crippen molar-refractivity contribution >= 4 is 27.3 Å². The summed E-state index contributed by atoms with van der Waals surface area (Å²) in [5, 5.41) is 3.32. The highest BCUT2D eigenvalue weighted by atomic mass is 79.9. The maximum atomic E-state index is 5.94. The molecule has 3 N–H and O–H groups in total. The van der Waals surface area contributed by atoms with Crippen LogP contribution in [0, 0.1) is 0 Å². The first-order valence-electron chi connectivity index (χ1n) is 5.09. The van der Waals surface area contributed by atoms with Crippen LogP contribution in [0.2, 0.25) is 0 Å². The molecule has 2 aromatic carbocycles. The third-order valence-corrected chi connectivity index (χ3v) is 3.07. The summed E-state index contributed by atoms with van der Waals surface area (Å²) >= 11 is 3.41. The summed E-state index contributed by atoms with van der Waals surface area (Å²) in [6, 6.07) is 16.1. The average Bonchev–Trinajstić information content (AvgIpc) is 2.32. The lowest BCUT2D eigenvalue weighted by Crippen LogP contribution is -2.02. The minimum absolute atomic E-state index is 0.749. The minimum Gasteiger partial charge on any atom is -0.396 e. The van der Waals surface area contributed by atoms with E-state index in [0.717, 1.165) is 22.4 Å². The van der Waals surface area contributed by atoms with Crippen LogP contribution in [-0.2, 0) is 6.54 Å². The molecule has 0 aliphatic heterocycles. The lowest BCUT2D eigenvalue weighted by Gasteiger charge is -2.10. The van der Waals surface area contributed by atoms with Crippen LogP contribution in [0.1, 0.15) is 5.56 Å². The summed E-state index contributed by atoms with van der Waals surface area (Å²) in [7, 11) is 0. The molecule has 0 radical (unpaired) electrons. The van der Waals surface area contributed by atoms with E-state index >= 15 is 0 Å². The number of anilines is 2. The Labute approximate surface area is 104 Å². The second-order valence-corrected chi connectivity index (χ2v) is 4.39. The Balaban J connectivity index is 2.08. The van der Waals surface area contributed by atoms with Crippen molar-refractivity contribution in [2.24, 2.45) is 0 Å². The van der Waals surface area contributed by atoms with E-state index in [1.165, 1.54) is 5.56 Å². The summed E-state index contributed by atoms with van der Waals surface area (Å²) < 4.78 is 0.922. The number of halogens is 1. The number of hydrogen-bond donors (Lipinski definition) is 2. The fraction of sp³-hybridized carbons (Fsp3) is 0.0769. The van der Waals surface area contributed by atoms with Gasteiger partial charge in [-0.25, -0.2) is 0 Å². The fourth-order valence-electron chi connectivity index (χ4n) is 1.48. The van der Waals surface area contributed by atoms with Crippen LogP contribution >= 0.6 is 15.9 Å². The van der Waals surface area contributed by atoms with Crippen molar-refractivity contribution in [3.05, 3.63) is 58.6 Å². The SMILES string of the molecule is Nc1c(Br)cccc1NCc1ccccc1. The zero-order chi connectivity index (χ0) is 11.4. The van der Waals surface area contributed by atoms with Gasteiger partial charge in [0.1, 0.15) is 0 Å². The van der Waals surface area contributed by atoms with E-state index in [2.05, 4.69) is 33.4 Å². The Bertz CT molecular complexity index is 469. The van der Waals surface area contributed by atoms with E-state index in [-0.39, 0.29) is 0 Å². The molecule has 0 atom stereocenters. The van der Waals surface area contributed by atoms with Crippen molar-refractivity contribution < 1.29 is 0 Å². The van der Waals surface area contributed by atoms with Gasteiger partial charge < -0.3 is 11.1 Å². The molecule has 2 aromatic rings. The normalized spacial score (nSPS) is 10.1. The van der Waals surface area contributed by atoms with Crippen LogP contribution in [0.5, 0.6) is 0 Å². The number of hydrogen-bond acceptors (Lipinski definition) is 2. The van der Waals surface area contributed by atoms with Crippen LogP contribution < -0.4 is 11.1 Å². The molecule has 0 amide bonds. The summed E-state index contributed by atoms with van der Waals surface area (Å²) in [4.78, 5) is 0. The first-order valence-corrected chi connectivity index (χ1v) is 5.88. The number of benzene rings is 2. The van der Waals surface area contributed by atoms with Gasteiger partial charge in [-0.15, -0.1) is 0 Å². The molecule has 2 nitrogen and oxygen atoms in total. The van der Waals surface area contributed by atoms with Crippen molar-refractivity contribution in [3.8, 4) is 0 Å². The topological polar surface area (TPSA) is 38.0 Å². The highest BCUT2D eigenvalue weighted by Gasteiger charge is 2.01. The molecule has 0 unspecified atom stereocenters. The van der Waals surface area contributed by atoms with Gasteiger partial charge in [-0.2, -0.15) is 0 Å². The Hall–Kier alpha value is -1.48. The van der Waals surface area contributed by atoms with E-state index in [4.69, 9.17) is 5.73 Å². The smallest absolute Gasteiger partial charge is 0.0694 e. The molecule has 0 heterocycles. The van der Waals surface area contributed by atoms with Crippen LogP contribution in [0.4, 0.5) is 11.4 Å². The van der Waals surface area contributed by atoms with Gasteiger partial charge in [0.25, 0.3) is 0 Å². The van der Waals surface area contributed by atoms with Crippen LogP contribution in [0.25, 0.3) is 0 Å². The molecule has 0 saturated carbocycles. The van der Waals surface area contributed by atoms with E-state index in [1.807, 2.05) is 36.4 Å². The zero-order valence-electron chi connectivity index (χ0n) is 8.78. The van der Waals surface area contributed by atoms with Crippen molar-refractivity contribution in [3.63, 3.8) is 0 Å². The highest BCUT2D eigenvalue weighted by Crippen LogP contribution is 2.27. The first kappa shape index (κ1) is 11.0. The zero-order valence-corrected chi connectivity index (χ0v) is 10.4. The quantitative estimate of drug-likeness (QED) is 0.840. The Morgan fingerprint density at radius 3 is 2.50 bits per heavy atom. The molecular formula is C13H13BrN2. The Morgan fingerprint density at radius 2 is 1.75 bits per heavy atom. The van der Waals surface area contributed by atoms with Gasteiger partial charge >= 0.3 is 0 Å². The molecule has 3 heteroatoms. The summed E-state index contributed by atoms with van der Waals surface area (Å²) in [5.41, 5.74) is 8.88. The van der Waals surface area contributed by atoms with E-state index in [0.29, 0.717) is 0 Å². The highest BCUT2D eigenvalue weighted by molar-refractivity contribution is 9.10. The Kier molecular flexibility index (Phi) is 3.47. The first-order chi connectivity index (χ1) is 7.77. The predicted molar refractivity (Wildman–Crippen MR) is 72.3 cm³/mol. The Morgan fingerprint density at radius 1 is 1.00 bits per heavy atom. The van der Waals surface area contributed by atoms with Gasteiger partial charge in [-0.3, -0.25) is 0 Å². The lowest BCUT2D eigenvalue weighted by atomic mass is 10.2. The van der Waals surface area contributed by atoms with Crippen molar-refractivity contribution in [2.45, 2.75) is 6.54 Å². The van der Waals surface area contributed by atoms with Gasteiger partial charge in [0.15, 0.2) is 0 Å². The number of nitrogens with two attached hydrogens (primary N) is 1. The van der Waals surface area contributed by atoms with Gasteiger partial charge in [0.05, 0.1) is 11.4 Å². The van der Waals surface area contributed by atoms with Crippen LogP contribution in [-0.4, -0.2) is 0 Å². The molecule has 0 aromatic heterocycles. The van der Waals surface area contributed by atoms with Crippen molar-refractivity contribution in [1.29, 1.82) is 0 Å². The third kappa shape index (κ3) is 2.55. The van der Waals surface area contributed by atoms with E-state index in [1.54, 1.807) is 0 Å². The average molecular weight is 277 g/mol. The lowest BCUT2D eigenvalue weighted by molar-refractivity contribution is 1.15. The number of para-hydroxylation sites is 1. The maximum absolute atomic E-state index is 5.94. The van der Waals surface area contributed by atoms with Crippen LogP contribution in [0.3, 0.4) is 0 Å². The van der Waals surface area contributed by atoms with Gasteiger partial charge in [0, 0.05) is 11.0 Å². The summed E-state index contributed by atoms with van der Waals surface area (Å²) in [5.74, 6) is 0. The van der Waals surface area contributed by atoms with Crippen molar-refractivity contribution in [2.75, 3.05) is 11.1 Å². The van der Waals surface area contributed by atoms with Gasteiger partial charge in [0.2, 0.25) is 0 Å². The third-order valence-electron chi connectivity index (χ3n) is 2.38. The predicted octanol–water partition coefficient (Wildman–Crippen LogP) is 3.64. The molecule has 0 saturated heterocycles. The second kappa shape index (κ2) is 5.03. The molecule has 0 bridgehead atoms. The molecule has 0 fully saturated rings. The minimum atomic E-state index is 0.749. The monoisotopic (exact) mass is 276 g/mol. The molecule has 2 rings (SSSR count). The number of rotatable bonds is 3. The summed E-state index contributed by atoms with van der Waals surface area (Å²) in [6.07, 6.45) is 0. The summed E-state index contributed by atoms with van der Waals surface area (Å²) in [6.45, 7) is 0.779. The van der Waals surface area contributed by atoms with Crippen LogP contribution in [0.15, 0.2) is 53.0 Å². The molecular weight excluding hydrogens is 264 g/mol. The molecule has 0 spiro atoms. The molecule has 16 heavy (non-hydrogen) atoms. The molecule has 0 aliphatic rings. The standard InChI is InChI=1S/C13H13BrN2/c14-11-7-4-8-12(13(11)15)16-9-10-5-2-1-3-6-10/h1-8,16H,9,15H2. The molecule has 82 valence electrons. The number of nitrogen functional groups attached to an aromatic ring is 1. The van der Waals surface area contributed by atoms with E-state index in [9.17, 15) is 0 Å². The van der Waals surface area contributed by atoms with Crippen molar-refractivity contribution in [1.82, 2.24) is 0 Å².